The molecule has 2 aliphatic rings. The molecule has 2 amide bonds. The lowest BCUT2D eigenvalue weighted by atomic mass is 9.71. The van der Waals surface area contributed by atoms with Crippen molar-refractivity contribution < 1.29 is 24.6 Å². The lowest BCUT2D eigenvalue weighted by Crippen LogP contribution is -2.45. The van der Waals surface area contributed by atoms with Crippen LogP contribution in [0.25, 0.3) is 0 Å². The Morgan fingerprint density at radius 2 is 1.78 bits per heavy atom. The van der Waals surface area contributed by atoms with Gasteiger partial charge in [0.05, 0.1) is 31.1 Å². The molecule has 196 valence electrons. The van der Waals surface area contributed by atoms with Gasteiger partial charge in [-0.1, -0.05) is 42.5 Å². The molecule has 3 N–H and O–H groups in total. The van der Waals surface area contributed by atoms with Gasteiger partial charge in [0.25, 0.3) is 0 Å². The first-order valence-electron chi connectivity index (χ1n) is 12.7. The van der Waals surface area contributed by atoms with Crippen LogP contribution in [0.3, 0.4) is 0 Å². The van der Waals surface area contributed by atoms with Gasteiger partial charge in [0, 0.05) is 25.0 Å². The zero-order valence-electron chi connectivity index (χ0n) is 21.2. The lowest BCUT2D eigenvalue weighted by Gasteiger charge is -2.35. The maximum absolute atomic E-state index is 13.1. The SMILES string of the molecule is COC(=O)C[C@@H]1C[C@@H](CNC(=O)[C@H]2C[C@@H](c3ccc(C#N)cc3)C2)N(CCCc2ccccc2)C1=O.O. The van der Waals surface area contributed by atoms with Crippen LogP contribution in [0.5, 0.6) is 0 Å². The normalized spacial score (nSPS) is 22.4. The number of nitriles is 1. The molecule has 2 aromatic rings. The van der Waals surface area contributed by atoms with Crippen molar-refractivity contribution in [3.63, 3.8) is 0 Å². The van der Waals surface area contributed by atoms with E-state index in [1.807, 2.05) is 47.4 Å². The monoisotopic (exact) mass is 505 g/mol. The molecule has 8 nitrogen and oxygen atoms in total. The van der Waals surface area contributed by atoms with Gasteiger partial charge in [-0.25, -0.2) is 0 Å². The Bertz CT molecular complexity index is 1110. The molecule has 8 heteroatoms. The summed E-state index contributed by atoms with van der Waals surface area (Å²) >= 11 is 0. The van der Waals surface area contributed by atoms with E-state index in [1.54, 1.807) is 0 Å². The average molecular weight is 506 g/mol. The summed E-state index contributed by atoms with van der Waals surface area (Å²) in [6.45, 7) is 0.988. The summed E-state index contributed by atoms with van der Waals surface area (Å²) in [6.07, 6.45) is 3.87. The molecule has 0 aromatic heterocycles. The molecule has 0 radical (unpaired) electrons. The van der Waals surface area contributed by atoms with E-state index in [1.165, 1.54) is 12.7 Å². The Labute approximate surface area is 217 Å². The van der Waals surface area contributed by atoms with Gasteiger partial charge in [0.2, 0.25) is 11.8 Å². The van der Waals surface area contributed by atoms with Crippen molar-refractivity contribution >= 4 is 17.8 Å². The molecule has 4 rings (SSSR count). The van der Waals surface area contributed by atoms with Crippen molar-refractivity contribution in [1.82, 2.24) is 10.2 Å². The number of hydrogen-bond acceptors (Lipinski definition) is 5. The average Bonchev–Trinajstić information content (AvgIpc) is 3.16. The second-order valence-corrected chi connectivity index (χ2v) is 9.83. The number of likely N-dealkylation sites (tertiary alicyclic amines) is 1. The third-order valence-electron chi connectivity index (χ3n) is 7.51. The first kappa shape index (κ1) is 27.9. The van der Waals surface area contributed by atoms with E-state index in [2.05, 4.69) is 23.5 Å². The standard InChI is InChI=1S/C29H33N3O4.H2O/c1-36-27(33)17-25-16-26(32(29(25)35)13-5-8-20-6-3-2-4-7-20)19-31-28(34)24-14-23(15-24)22-11-9-21(18-30)10-12-22;/h2-4,6-7,9-12,23-26H,5,8,13-17,19H2,1H3,(H,31,34);1H2/t23-,24+,25-,26-;/m0./s1. The Balaban J connectivity index is 0.00000380. The number of ether oxygens (including phenoxy) is 1. The number of benzene rings is 2. The van der Waals surface area contributed by atoms with Crippen molar-refractivity contribution in [2.45, 2.75) is 50.5 Å². The number of carbonyl (C=O) groups is 3. The van der Waals surface area contributed by atoms with Crippen LogP contribution in [-0.2, 0) is 25.5 Å². The van der Waals surface area contributed by atoms with Gasteiger partial charge in [0.1, 0.15) is 0 Å². The van der Waals surface area contributed by atoms with Crippen LogP contribution in [0.2, 0.25) is 0 Å². The molecule has 1 saturated carbocycles. The first-order chi connectivity index (χ1) is 17.5. The van der Waals surface area contributed by atoms with E-state index in [0.29, 0.717) is 31.0 Å². The van der Waals surface area contributed by atoms with Crippen LogP contribution in [-0.4, -0.2) is 54.4 Å². The minimum absolute atomic E-state index is 0. The van der Waals surface area contributed by atoms with Crippen LogP contribution < -0.4 is 5.32 Å². The highest BCUT2D eigenvalue weighted by molar-refractivity contribution is 5.86. The number of hydrogen-bond donors (Lipinski definition) is 1. The van der Waals surface area contributed by atoms with Crippen molar-refractivity contribution in [1.29, 1.82) is 5.26 Å². The fourth-order valence-corrected chi connectivity index (χ4v) is 5.31. The second kappa shape index (κ2) is 13.0. The van der Waals surface area contributed by atoms with Crippen molar-refractivity contribution in [2.75, 3.05) is 20.2 Å². The van der Waals surface area contributed by atoms with Gasteiger partial charge in [0.15, 0.2) is 0 Å². The van der Waals surface area contributed by atoms with E-state index in [-0.39, 0.29) is 41.6 Å². The Morgan fingerprint density at radius 1 is 1.08 bits per heavy atom. The summed E-state index contributed by atoms with van der Waals surface area (Å²) in [7, 11) is 1.33. The molecule has 1 aliphatic carbocycles. The maximum atomic E-state index is 13.1. The van der Waals surface area contributed by atoms with Gasteiger partial charge in [-0.3, -0.25) is 14.4 Å². The number of rotatable bonds is 10. The zero-order chi connectivity index (χ0) is 25.5. The molecular formula is C29H35N3O5. The molecule has 2 atom stereocenters. The predicted molar refractivity (Wildman–Crippen MR) is 138 cm³/mol. The minimum atomic E-state index is -0.402. The molecule has 1 aliphatic heterocycles. The van der Waals surface area contributed by atoms with Gasteiger partial charge in [-0.15, -0.1) is 0 Å². The van der Waals surface area contributed by atoms with Gasteiger partial charge in [-0.2, -0.15) is 5.26 Å². The maximum Gasteiger partial charge on any atom is 0.306 e. The van der Waals surface area contributed by atoms with Gasteiger partial charge >= 0.3 is 5.97 Å². The molecule has 2 fully saturated rings. The van der Waals surface area contributed by atoms with Crippen LogP contribution in [0.1, 0.15) is 54.7 Å². The van der Waals surface area contributed by atoms with Crippen molar-refractivity contribution in [3.8, 4) is 6.07 Å². The van der Waals surface area contributed by atoms with E-state index in [0.717, 1.165) is 31.2 Å². The molecule has 1 saturated heterocycles. The molecule has 37 heavy (non-hydrogen) atoms. The molecular weight excluding hydrogens is 470 g/mol. The number of nitrogens with one attached hydrogen (secondary N) is 1. The Morgan fingerprint density at radius 3 is 2.43 bits per heavy atom. The fraction of sp³-hybridized carbons (Fsp3) is 0.448. The lowest BCUT2D eigenvalue weighted by molar-refractivity contribution is -0.144. The summed E-state index contributed by atoms with van der Waals surface area (Å²) < 4.78 is 4.79. The third-order valence-corrected chi connectivity index (χ3v) is 7.51. The quantitative estimate of drug-likeness (QED) is 0.496. The Hall–Kier alpha value is -3.70. The van der Waals surface area contributed by atoms with Crippen molar-refractivity contribution in [2.24, 2.45) is 11.8 Å². The topological polar surface area (TPSA) is 131 Å². The number of methoxy groups -OCH3 is 1. The Kier molecular flexibility index (Phi) is 9.81. The number of aryl methyl sites for hydroxylation is 1. The van der Waals surface area contributed by atoms with Crippen LogP contribution in [0, 0.1) is 23.2 Å². The minimum Gasteiger partial charge on any atom is -0.469 e. The fourth-order valence-electron chi connectivity index (χ4n) is 5.31. The highest BCUT2D eigenvalue weighted by Gasteiger charge is 2.41. The zero-order valence-corrected chi connectivity index (χ0v) is 21.2. The van der Waals surface area contributed by atoms with Crippen molar-refractivity contribution in [3.05, 3.63) is 71.3 Å². The summed E-state index contributed by atoms with van der Waals surface area (Å²) in [5.74, 6) is -0.503. The predicted octanol–water partition coefficient (Wildman–Crippen LogP) is 2.76. The summed E-state index contributed by atoms with van der Waals surface area (Å²) in [4.78, 5) is 39.6. The molecule has 0 unspecified atom stereocenters. The van der Waals surface area contributed by atoms with Gasteiger partial charge in [-0.05, 0) is 61.3 Å². The van der Waals surface area contributed by atoms with Crippen LogP contribution in [0.4, 0.5) is 0 Å². The number of esters is 1. The van der Waals surface area contributed by atoms with E-state index in [4.69, 9.17) is 10.00 Å². The largest absolute Gasteiger partial charge is 0.469 e. The van der Waals surface area contributed by atoms with E-state index < -0.39 is 5.92 Å². The molecule has 1 heterocycles. The highest BCUT2D eigenvalue weighted by Crippen LogP contribution is 2.41. The first-order valence-corrected chi connectivity index (χ1v) is 12.7. The summed E-state index contributed by atoms with van der Waals surface area (Å²) in [5.41, 5.74) is 3.02. The third kappa shape index (κ3) is 6.95. The number of amides is 2. The van der Waals surface area contributed by atoms with Crippen LogP contribution >= 0.6 is 0 Å². The van der Waals surface area contributed by atoms with Gasteiger partial charge < -0.3 is 20.4 Å². The summed E-state index contributed by atoms with van der Waals surface area (Å²) in [6, 6.07) is 19.7. The van der Waals surface area contributed by atoms with E-state index in [9.17, 15) is 14.4 Å². The van der Waals surface area contributed by atoms with Crippen LogP contribution in [0.15, 0.2) is 54.6 Å². The van der Waals surface area contributed by atoms with E-state index >= 15 is 0 Å². The highest BCUT2D eigenvalue weighted by atomic mass is 16.5. The number of nitrogens with zero attached hydrogens (tertiary/aromatic N) is 2. The second-order valence-electron chi connectivity index (χ2n) is 9.83. The molecule has 0 spiro atoms. The smallest absolute Gasteiger partial charge is 0.306 e. The molecule has 2 aromatic carbocycles. The molecule has 0 bridgehead atoms. The number of carbonyl (C=O) groups excluding carboxylic acids is 3. The summed E-state index contributed by atoms with van der Waals surface area (Å²) in [5, 5.41) is 12.0.